The van der Waals surface area contributed by atoms with Crippen LogP contribution in [0.15, 0.2) is 48.5 Å². The van der Waals surface area contributed by atoms with Crippen LogP contribution in [-0.2, 0) is 4.79 Å². The predicted octanol–water partition coefficient (Wildman–Crippen LogP) is 2.85. The van der Waals surface area contributed by atoms with Gasteiger partial charge in [-0.05, 0) is 18.2 Å². The van der Waals surface area contributed by atoms with Gasteiger partial charge in [0.05, 0.1) is 15.9 Å². The first-order valence-electron chi connectivity index (χ1n) is 6.25. The highest BCUT2D eigenvalue weighted by molar-refractivity contribution is 5.88. The second-order valence-corrected chi connectivity index (χ2v) is 4.23. The monoisotopic (exact) mass is 319 g/mol. The predicted molar refractivity (Wildman–Crippen MR) is 82.2 cm³/mol. The third kappa shape index (κ3) is 5.79. The van der Waals surface area contributed by atoms with Gasteiger partial charge >= 0.3 is 5.69 Å². The quantitative estimate of drug-likeness (QED) is 0.659. The number of rotatable bonds is 3. The van der Waals surface area contributed by atoms with Crippen molar-refractivity contribution in [2.24, 2.45) is 0 Å². The van der Waals surface area contributed by atoms with E-state index in [-0.39, 0.29) is 5.91 Å². The van der Waals surface area contributed by atoms with Gasteiger partial charge in [0.15, 0.2) is 5.75 Å². The zero-order valence-electron chi connectivity index (χ0n) is 12.0. The Bertz CT molecular complexity index is 718. The molecule has 2 aromatic rings. The van der Waals surface area contributed by atoms with Gasteiger partial charge in [-0.15, -0.1) is 0 Å². The van der Waals surface area contributed by atoms with Crippen LogP contribution in [0.2, 0.25) is 0 Å². The average Bonchev–Trinajstić information content (AvgIpc) is 2.48. The molecule has 1 amide bonds. The zero-order chi connectivity index (χ0) is 17.4. The van der Waals surface area contributed by atoms with Crippen LogP contribution >= 0.6 is 0 Å². The molecule has 9 nitrogen and oxygen atoms in total. The number of phenols is 1. The topological polar surface area (TPSA) is 136 Å². The Morgan fingerprint density at radius 3 is 2.13 bits per heavy atom. The molecule has 0 aliphatic carbocycles. The summed E-state index contributed by atoms with van der Waals surface area (Å²) in [5, 5.41) is 32.0. The highest BCUT2D eigenvalue weighted by Crippen LogP contribution is 2.29. The minimum atomic E-state index is -0.887. The molecule has 23 heavy (non-hydrogen) atoms. The molecule has 2 N–H and O–H groups in total. The molecular formula is C14H13N3O6. The number of aromatic hydroxyl groups is 1. The second kappa shape index (κ2) is 8.08. The first-order chi connectivity index (χ1) is 10.8. The highest BCUT2D eigenvalue weighted by atomic mass is 16.6. The van der Waals surface area contributed by atoms with Crippen molar-refractivity contribution >= 4 is 23.0 Å². The first kappa shape index (κ1) is 17.6. The molecular weight excluding hydrogens is 306 g/mol. The number of carbonyl (C=O) groups is 1. The number of nitrogens with one attached hydrogen (secondary N) is 1. The number of nitrogens with zero attached hydrogens (tertiary/aromatic N) is 2. The van der Waals surface area contributed by atoms with E-state index in [2.05, 4.69) is 5.32 Å². The maximum atomic E-state index is 10.5. The number of benzene rings is 2. The van der Waals surface area contributed by atoms with Gasteiger partial charge < -0.3 is 10.4 Å². The van der Waals surface area contributed by atoms with Crippen LogP contribution in [0, 0.1) is 20.2 Å². The van der Waals surface area contributed by atoms with Gasteiger partial charge in [-0.2, -0.15) is 0 Å². The molecule has 2 aromatic carbocycles. The molecule has 0 saturated carbocycles. The summed E-state index contributed by atoms with van der Waals surface area (Å²) in [6.45, 7) is 1.49. The maximum absolute atomic E-state index is 10.5. The van der Waals surface area contributed by atoms with Crippen LogP contribution in [0.3, 0.4) is 0 Å². The first-order valence-corrected chi connectivity index (χ1v) is 6.25. The highest BCUT2D eigenvalue weighted by Gasteiger charge is 2.18. The summed E-state index contributed by atoms with van der Waals surface area (Å²) in [6.07, 6.45) is 0. The van der Waals surface area contributed by atoms with Crippen LogP contribution in [0.25, 0.3) is 0 Å². The molecule has 0 spiro atoms. The average molecular weight is 319 g/mol. The van der Waals surface area contributed by atoms with Gasteiger partial charge in [0, 0.05) is 18.7 Å². The fourth-order valence-electron chi connectivity index (χ4n) is 1.50. The van der Waals surface area contributed by atoms with Crippen molar-refractivity contribution in [1.29, 1.82) is 0 Å². The number of para-hydroxylation sites is 1. The van der Waals surface area contributed by atoms with Gasteiger partial charge in [-0.1, -0.05) is 18.2 Å². The van der Waals surface area contributed by atoms with Gasteiger partial charge in [0.25, 0.3) is 5.69 Å². The number of hydrogen-bond donors (Lipinski definition) is 2. The standard InChI is InChI=1S/C8H9NO.C6H4N2O5/c1-7(10)9-8-5-3-2-4-6-8;9-6-2-1-4(7(10)11)3-5(6)8(12)13/h2-6H,1H3,(H,9,10);1-3,9H. The maximum Gasteiger partial charge on any atom is 0.317 e. The fourth-order valence-corrected chi connectivity index (χ4v) is 1.50. The lowest BCUT2D eigenvalue weighted by molar-refractivity contribution is -0.394. The Morgan fingerprint density at radius 1 is 1.04 bits per heavy atom. The van der Waals surface area contributed by atoms with Crippen LogP contribution < -0.4 is 5.32 Å². The summed E-state index contributed by atoms with van der Waals surface area (Å²) in [6, 6.07) is 12.0. The molecule has 0 heterocycles. The minimum absolute atomic E-state index is 0.0359. The number of amides is 1. The minimum Gasteiger partial charge on any atom is -0.502 e. The van der Waals surface area contributed by atoms with Gasteiger partial charge in [0.2, 0.25) is 5.91 Å². The Kier molecular flexibility index (Phi) is 6.17. The Labute approximate surface area is 130 Å². The molecule has 0 radical (unpaired) electrons. The summed E-state index contributed by atoms with van der Waals surface area (Å²) in [5.41, 5.74) is -0.256. The molecule has 2 rings (SSSR count). The molecule has 0 atom stereocenters. The number of nitro groups is 2. The van der Waals surface area contributed by atoms with E-state index >= 15 is 0 Å². The number of hydrogen-bond acceptors (Lipinski definition) is 6. The van der Waals surface area contributed by atoms with E-state index in [0.717, 1.165) is 17.8 Å². The van der Waals surface area contributed by atoms with Crippen molar-refractivity contribution in [3.8, 4) is 5.75 Å². The molecule has 0 saturated heterocycles. The molecule has 0 fully saturated rings. The Hall–Kier alpha value is -3.49. The van der Waals surface area contributed by atoms with Crippen molar-refractivity contribution in [2.45, 2.75) is 6.92 Å². The van der Waals surface area contributed by atoms with Gasteiger partial charge in [-0.25, -0.2) is 0 Å². The Morgan fingerprint density at radius 2 is 1.65 bits per heavy atom. The van der Waals surface area contributed by atoms with Crippen LogP contribution in [0.4, 0.5) is 17.1 Å². The number of carbonyl (C=O) groups excluding carboxylic acids is 1. The molecule has 0 aliphatic heterocycles. The third-order valence-corrected chi connectivity index (χ3v) is 2.46. The second-order valence-electron chi connectivity index (χ2n) is 4.23. The summed E-state index contributed by atoms with van der Waals surface area (Å²) in [7, 11) is 0. The fraction of sp³-hybridized carbons (Fsp3) is 0.0714. The van der Waals surface area contributed by atoms with E-state index in [1.165, 1.54) is 6.92 Å². The molecule has 0 aliphatic rings. The number of non-ortho nitro benzene ring substituents is 1. The molecule has 0 unspecified atom stereocenters. The largest absolute Gasteiger partial charge is 0.502 e. The van der Waals surface area contributed by atoms with E-state index in [1.54, 1.807) is 0 Å². The van der Waals surface area contributed by atoms with Crippen molar-refractivity contribution in [3.05, 3.63) is 68.8 Å². The molecule has 0 bridgehead atoms. The number of nitro benzene ring substituents is 2. The number of anilines is 1. The Balaban J connectivity index is 0.000000238. The smallest absolute Gasteiger partial charge is 0.317 e. The van der Waals surface area contributed by atoms with E-state index in [1.807, 2.05) is 30.3 Å². The van der Waals surface area contributed by atoms with Gasteiger partial charge in [0.1, 0.15) is 0 Å². The molecule has 9 heteroatoms. The van der Waals surface area contributed by atoms with Crippen LogP contribution in [-0.4, -0.2) is 20.9 Å². The molecule has 120 valence electrons. The summed E-state index contributed by atoms with van der Waals surface area (Å²) in [5.74, 6) is -0.623. The van der Waals surface area contributed by atoms with E-state index in [4.69, 9.17) is 5.11 Å². The van der Waals surface area contributed by atoms with Crippen molar-refractivity contribution < 1.29 is 19.7 Å². The van der Waals surface area contributed by atoms with Crippen molar-refractivity contribution in [2.75, 3.05) is 5.32 Å². The lowest BCUT2D eigenvalue weighted by Gasteiger charge is -1.98. The summed E-state index contributed by atoms with van der Waals surface area (Å²) >= 11 is 0. The van der Waals surface area contributed by atoms with Crippen molar-refractivity contribution in [1.82, 2.24) is 0 Å². The third-order valence-electron chi connectivity index (χ3n) is 2.46. The normalized spacial score (nSPS) is 9.26. The van der Waals surface area contributed by atoms with E-state index in [9.17, 15) is 25.0 Å². The summed E-state index contributed by atoms with van der Waals surface area (Å²) < 4.78 is 0. The zero-order valence-corrected chi connectivity index (χ0v) is 12.0. The lowest BCUT2D eigenvalue weighted by Crippen LogP contribution is -2.04. The summed E-state index contributed by atoms with van der Waals surface area (Å²) in [4.78, 5) is 29.3. The van der Waals surface area contributed by atoms with E-state index < -0.39 is 27.0 Å². The lowest BCUT2D eigenvalue weighted by atomic mass is 10.2. The van der Waals surface area contributed by atoms with Gasteiger partial charge in [-0.3, -0.25) is 25.0 Å². The number of phenolic OH excluding ortho intramolecular Hbond substituents is 1. The van der Waals surface area contributed by atoms with Crippen molar-refractivity contribution in [3.63, 3.8) is 0 Å². The SMILES string of the molecule is CC(=O)Nc1ccccc1.O=[N+]([O-])c1ccc(O)c([N+](=O)[O-])c1. The van der Waals surface area contributed by atoms with E-state index in [0.29, 0.717) is 6.07 Å². The van der Waals surface area contributed by atoms with Crippen LogP contribution in [0.5, 0.6) is 5.75 Å². The molecule has 0 aromatic heterocycles. The van der Waals surface area contributed by atoms with Crippen LogP contribution in [0.1, 0.15) is 6.92 Å².